The molecule has 9 heteroatoms. The van der Waals surface area contributed by atoms with Gasteiger partial charge in [0, 0.05) is 37.7 Å². The topological polar surface area (TPSA) is 67.0 Å². The Kier molecular flexibility index (Phi) is 5.88. The van der Waals surface area contributed by atoms with Gasteiger partial charge in [0.05, 0.1) is 16.0 Å². The van der Waals surface area contributed by atoms with Gasteiger partial charge in [-0.2, -0.15) is 4.40 Å². The number of piperidine rings is 1. The molecule has 1 fully saturated rings. The Bertz CT molecular complexity index is 1090. The van der Waals surface area contributed by atoms with Crippen LogP contribution in [0.2, 0.25) is 0 Å². The Hall–Kier alpha value is -2.16. The second-order valence-corrected chi connectivity index (χ2v) is 10.8. The smallest absolute Gasteiger partial charge is 0.262 e. The molecule has 0 amide bonds. The summed E-state index contributed by atoms with van der Waals surface area (Å²) in [7, 11) is -1.47. The van der Waals surface area contributed by atoms with E-state index >= 15 is 0 Å². The number of rotatable bonds is 3. The molecule has 0 saturated carbocycles. The van der Waals surface area contributed by atoms with Crippen LogP contribution < -0.4 is 10.5 Å². The van der Waals surface area contributed by atoms with Crippen LogP contribution in [-0.2, 0) is 11.0 Å². The van der Waals surface area contributed by atoms with E-state index in [9.17, 15) is 17.8 Å². The van der Waals surface area contributed by atoms with Crippen LogP contribution in [0.5, 0.6) is 0 Å². The Morgan fingerprint density at radius 2 is 1.83 bits per heavy atom. The van der Waals surface area contributed by atoms with Gasteiger partial charge in [0.15, 0.2) is 5.65 Å². The summed E-state index contributed by atoms with van der Waals surface area (Å²) in [6, 6.07) is 1.85. The average molecular weight is 439 g/mol. The molecule has 3 heterocycles. The highest BCUT2D eigenvalue weighted by atomic mass is 32.2. The zero-order valence-corrected chi connectivity index (χ0v) is 19.1. The normalized spacial score (nSPS) is 18.7. The van der Waals surface area contributed by atoms with Gasteiger partial charge in [-0.15, -0.1) is 0 Å². The molecule has 0 unspecified atom stereocenters. The summed E-state index contributed by atoms with van der Waals surface area (Å²) >= 11 is 0. The largest absolute Gasteiger partial charge is 0.356 e. The van der Waals surface area contributed by atoms with Gasteiger partial charge < -0.3 is 4.90 Å². The first-order valence-corrected chi connectivity index (χ1v) is 11.0. The Labute approximate surface area is 177 Å². The molecular formula is C21H28F2N4O2S. The van der Waals surface area contributed by atoms with Crippen LogP contribution >= 0.6 is 0 Å². The van der Waals surface area contributed by atoms with E-state index in [0.717, 1.165) is 5.56 Å². The number of hydrogen-bond acceptors (Lipinski definition) is 4. The number of pyridine rings is 1. The van der Waals surface area contributed by atoms with Crippen molar-refractivity contribution < 1.29 is 13.0 Å². The third-order valence-electron chi connectivity index (χ3n) is 5.19. The molecule has 2 aromatic rings. The van der Waals surface area contributed by atoms with Crippen LogP contribution in [0.1, 0.15) is 57.2 Å². The first kappa shape index (κ1) is 22.5. The molecule has 2 aromatic heterocycles. The minimum Gasteiger partial charge on any atom is -0.356 e. The van der Waals surface area contributed by atoms with Crippen molar-refractivity contribution in [2.45, 2.75) is 65.1 Å². The summed E-state index contributed by atoms with van der Waals surface area (Å²) < 4.78 is 45.0. The van der Waals surface area contributed by atoms with Crippen LogP contribution in [-0.4, -0.2) is 43.1 Å². The Morgan fingerprint density at radius 3 is 2.40 bits per heavy atom. The first-order chi connectivity index (χ1) is 13.8. The summed E-state index contributed by atoms with van der Waals surface area (Å²) in [5.41, 5.74) is 2.51. The van der Waals surface area contributed by atoms with Crippen molar-refractivity contribution in [3.8, 4) is 0 Å². The van der Waals surface area contributed by atoms with Crippen LogP contribution in [0.4, 0.5) is 14.6 Å². The van der Waals surface area contributed by atoms with Crippen molar-refractivity contribution in [2.24, 2.45) is 4.40 Å². The zero-order valence-electron chi connectivity index (χ0n) is 18.3. The molecule has 0 N–H and O–H groups in total. The van der Waals surface area contributed by atoms with Crippen LogP contribution in [0, 0.1) is 13.8 Å². The fourth-order valence-corrected chi connectivity index (χ4v) is 4.00. The maximum absolute atomic E-state index is 13.6. The van der Waals surface area contributed by atoms with E-state index in [1.165, 1.54) is 4.40 Å². The number of aryl methyl sites for hydroxylation is 1. The number of alkyl halides is 2. The summed E-state index contributed by atoms with van der Waals surface area (Å²) in [5, 5.41) is 0. The number of hydrogen-bond donors (Lipinski definition) is 0. The van der Waals surface area contributed by atoms with Crippen molar-refractivity contribution in [3.05, 3.63) is 39.3 Å². The van der Waals surface area contributed by atoms with Gasteiger partial charge >= 0.3 is 0 Å². The lowest BCUT2D eigenvalue weighted by atomic mass is 10.1. The molecule has 30 heavy (non-hydrogen) atoms. The predicted octanol–water partition coefficient (Wildman–Crippen LogP) is 3.82. The first-order valence-electron chi connectivity index (χ1n) is 9.94. The number of aromatic nitrogens is 2. The second-order valence-electron chi connectivity index (χ2n) is 8.87. The van der Waals surface area contributed by atoms with Gasteiger partial charge in [0.2, 0.25) is 0 Å². The standard InChI is InChI=1S/C21H28F2N4O2S/c1-13-11-16(15(3)25-30(29)20(4,5)6)18-24-17(14(2)19(28)27(18)12-13)26-9-7-21(22,23)8-10-26/h11-12H,7-10H2,1-6H3/b25-15-/t30-/m1/s1. The van der Waals surface area contributed by atoms with Crippen LogP contribution in [0.15, 0.2) is 21.5 Å². The molecule has 1 aliphatic rings. The van der Waals surface area contributed by atoms with Gasteiger partial charge in [-0.25, -0.2) is 18.0 Å². The maximum Gasteiger partial charge on any atom is 0.262 e. The SMILES string of the molecule is C/C(=N/[S@](=O)C(C)(C)C)c1cc(C)cn2c(=O)c(C)c(N3CCC(F)(F)CC3)nc12. The van der Waals surface area contributed by atoms with E-state index in [1.54, 1.807) is 24.9 Å². The molecular weight excluding hydrogens is 410 g/mol. The van der Waals surface area contributed by atoms with Gasteiger partial charge in [0.25, 0.3) is 11.5 Å². The molecule has 164 valence electrons. The zero-order chi connectivity index (χ0) is 22.4. The molecule has 0 radical (unpaired) electrons. The van der Waals surface area contributed by atoms with E-state index < -0.39 is 21.7 Å². The third-order valence-corrected chi connectivity index (χ3v) is 6.68. The predicted molar refractivity (Wildman–Crippen MR) is 117 cm³/mol. The lowest BCUT2D eigenvalue weighted by Gasteiger charge is -2.33. The van der Waals surface area contributed by atoms with Crippen LogP contribution in [0.3, 0.4) is 0 Å². The van der Waals surface area contributed by atoms with Gasteiger partial charge in [-0.3, -0.25) is 9.20 Å². The van der Waals surface area contributed by atoms with E-state index in [0.29, 0.717) is 28.3 Å². The van der Waals surface area contributed by atoms with Gasteiger partial charge in [0.1, 0.15) is 16.8 Å². The summed E-state index contributed by atoms with van der Waals surface area (Å²) in [6.07, 6.45) is 1.17. The minimum atomic E-state index is -2.68. The van der Waals surface area contributed by atoms with Crippen molar-refractivity contribution in [3.63, 3.8) is 0 Å². The summed E-state index contributed by atoms with van der Waals surface area (Å²) in [6.45, 7) is 11.1. The number of nitrogens with zero attached hydrogens (tertiary/aromatic N) is 4. The highest BCUT2D eigenvalue weighted by Gasteiger charge is 2.35. The van der Waals surface area contributed by atoms with Crippen molar-refractivity contribution >= 4 is 28.2 Å². The molecule has 1 saturated heterocycles. The Balaban J connectivity index is 2.18. The maximum atomic E-state index is 13.6. The highest BCUT2D eigenvalue weighted by Crippen LogP contribution is 2.31. The number of fused-ring (bicyclic) bond motifs is 1. The lowest BCUT2D eigenvalue weighted by Crippen LogP contribution is -2.41. The fourth-order valence-electron chi connectivity index (χ4n) is 3.38. The van der Waals surface area contributed by atoms with Crippen molar-refractivity contribution in [1.29, 1.82) is 0 Å². The van der Waals surface area contributed by atoms with E-state index in [1.807, 2.05) is 33.8 Å². The Morgan fingerprint density at radius 1 is 1.23 bits per heavy atom. The third kappa shape index (κ3) is 4.45. The molecule has 6 nitrogen and oxygen atoms in total. The lowest BCUT2D eigenvalue weighted by molar-refractivity contribution is -0.0221. The summed E-state index contributed by atoms with van der Waals surface area (Å²) in [5.74, 6) is -2.26. The monoisotopic (exact) mass is 438 g/mol. The summed E-state index contributed by atoms with van der Waals surface area (Å²) in [4.78, 5) is 19.5. The molecule has 0 aromatic carbocycles. The average Bonchev–Trinajstić information content (AvgIpc) is 2.64. The molecule has 3 rings (SSSR count). The quantitative estimate of drug-likeness (QED) is 0.684. The van der Waals surface area contributed by atoms with Gasteiger partial charge in [-0.05, 0) is 53.2 Å². The molecule has 0 spiro atoms. The number of anilines is 1. The van der Waals surface area contributed by atoms with Crippen molar-refractivity contribution in [1.82, 2.24) is 9.38 Å². The van der Waals surface area contributed by atoms with E-state index in [4.69, 9.17) is 4.98 Å². The second kappa shape index (κ2) is 7.83. The molecule has 1 aliphatic heterocycles. The van der Waals surface area contributed by atoms with E-state index in [2.05, 4.69) is 4.40 Å². The molecule has 0 aliphatic carbocycles. The van der Waals surface area contributed by atoms with Gasteiger partial charge in [-0.1, -0.05) is 0 Å². The van der Waals surface area contributed by atoms with E-state index in [-0.39, 0.29) is 31.5 Å². The molecule has 1 atom stereocenters. The number of halogens is 2. The van der Waals surface area contributed by atoms with Crippen molar-refractivity contribution in [2.75, 3.05) is 18.0 Å². The minimum absolute atomic E-state index is 0.138. The van der Waals surface area contributed by atoms with Crippen LogP contribution in [0.25, 0.3) is 5.65 Å². The fraction of sp³-hybridized carbons (Fsp3) is 0.571. The highest BCUT2D eigenvalue weighted by molar-refractivity contribution is 7.85. The molecule has 0 bridgehead atoms.